The van der Waals surface area contributed by atoms with Crippen LogP contribution in [-0.4, -0.2) is 46.1 Å². The highest BCUT2D eigenvalue weighted by atomic mass is 32.1. The van der Waals surface area contributed by atoms with Gasteiger partial charge < -0.3 is 5.32 Å². The van der Waals surface area contributed by atoms with Gasteiger partial charge in [0.2, 0.25) is 0 Å². The summed E-state index contributed by atoms with van der Waals surface area (Å²) in [6.07, 6.45) is 3.16. The van der Waals surface area contributed by atoms with Crippen LogP contribution in [0.3, 0.4) is 0 Å². The van der Waals surface area contributed by atoms with Gasteiger partial charge in [-0.05, 0) is 43.9 Å². The van der Waals surface area contributed by atoms with Crippen molar-refractivity contribution in [3.8, 4) is 0 Å². The van der Waals surface area contributed by atoms with E-state index < -0.39 is 0 Å². The van der Waals surface area contributed by atoms with E-state index in [1.807, 2.05) is 6.92 Å². The van der Waals surface area contributed by atoms with Gasteiger partial charge in [0.15, 0.2) is 0 Å². The van der Waals surface area contributed by atoms with Crippen LogP contribution in [0.1, 0.15) is 42.1 Å². The average molecular weight is 268 g/mol. The van der Waals surface area contributed by atoms with E-state index in [1.54, 1.807) is 0 Å². The number of aryl methyl sites for hydroxylation is 1. The van der Waals surface area contributed by atoms with Crippen molar-refractivity contribution < 1.29 is 4.79 Å². The molecule has 1 atom stereocenters. The number of aromatic nitrogens is 2. The number of hydrogen-bond donors (Lipinski definition) is 1. The molecule has 1 fully saturated rings. The summed E-state index contributed by atoms with van der Waals surface area (Å²) in [6.45, 7) is 7.10. The number of likely N-dealkylation sites (tertiary alicyclic amines) is 1. The van der Waals surface area contributed by atoms with Crippen LogP contribution in [0.5, 0.6) is 0 Å². The van der Waals surface area contributed by atoms with Crippen molar-refractivity contribution in [3.05, 3.63) is 10.6 Å². The Balaban J connectivity index is 1.88. The molecule has 1 N–H and O–H groups in total. The fraction of sp³-hybridized carbons (Fsp3) is 0.750. The Kier molecular flexibility index (Phi) is 4.66. The normalized spacial score (nSPS) is 20.2. The molecule has 0 spiro atoms. The first-order valence-electron chi connectivity index (χ1n) is 6.59. The summed E-state index contributed by atoms with van der Waals surface area (Å²) in [6, 6.07) is 0.491. The standard InChI is InChI=1S/C12H20N4OS/c1-3-10-11(18-15-14-10)12(17)13-8-9-6-5-7-16(9)4-2/h9H,3-8H2,1-2H3,(H,13,17)/t9-/m1/s1. The molecule has 18 heavy (non-hydrogen) atoms. The first-order valence-corrected chi connectivity index (χ1v) is 7.37. The van der Waals surface area contributed by atoms with Crippen molar-refractivity contribution in [2.45, 2.75) is 39.2 Å². The molecule has 6 heteroatoms. The van der Waals surface area contributed by atoms with Crippen LogP contribution in [0, 0.1) is 0 Å². The number of nitrogens with one attached hydrogen (secondary N) is 1. The van der Waals surface area contributed by atoms with Gasteiger partial charge in [-0.25, -0.2) is 0 Å². The summed E-state index contributed by atoms with van der Waals surface area (Å²) in [5.74, 6) is -0.0233. The zero-order valence-corrected chi connectivity index (χ0v) is 11.8. The molecular weight excluding hydrogens is 248 g/mol. The van der Waals surface area contributed by atoms with E-state index in [4.69, 9.17) is 0 Å². The van der Waals surface area contributed by atoms with Crippen LogP contribution < -0.4 is 5.32 Å². The maximum absolute atomic E-state index is 12.0. The number of amides is 1. The molecule has 1 saturated heterocycles. The largest absolute Gasteiger partial charge is 0.350 e. The molecule has 0 aromatic carbocycles. The van der Waals surface area contributed by atoms with Crippen molar-refractivity contribution in [3.63, 3.8) is 0 Å². The molecular formula is C12H20N4OS. The summed E-state index contributed by atoms with van der Waals surface area (Å²) in [7, 11) is 0. The van der Waals surface area contributed by atoms with Crippen molar-refractivity contribution in [2.24, 2.45) is 0 Å². The van der Waals surface area contributed by atoms with E-state index in [9.17, 15) is 4.79 Å². The Morgan fingerprint density at radius 2 is 2.39 bits per heavy atom. The average Bonchev–Trinajstić information content (AvgIpc) is 3.03. The van der Waals surface area contributed by atoms with Gasteiger partial charge in [-0.3, -0.25) is 9.69 Å². The zero-order chi connectivity index (χ0) is 13.0. The molecule has 1 aliphatic heterocycles. The number of carbonyl (C=O) groups is 1. The van der Waals surface area contributed by atoms with E-state index in [-0.39, 0.29) is 5.91 Å². The van der Waals surface area contributed by atoms with E-state index in [0.717, 1.165) is 31.7 Å². The summed E-state index contributed by atoms with van der Waals surface area (Å²) < 4.78 is 3.85. The number of hydrogen-bond acceptors (Lipinski definition) is 5. The highest BCUT2D eigenvalue weighted by Gasteiger charge is 2.24. The fourth-order valence-corrected chi connectivity index (χ4v) is 3.11. The molecule has 2 heterocycles. The molecule has 0 aliphatic carbocycles. The van der Waals surface area contributed by atoms with Crippen molar-refractivity contribution >= 4 is 17.4 Å². The van der Waals surface area contributed by atoms with Gasteiger partial charge in [-0.2, -0.15) is 0 Å². The van der Waals surface area contributed by atoms with Gasteiger partial charge in [0.05, 0.1) is 5.69 Å². The SMILES string of the molecule is CCc1nnsc1C(=O)NC[C@H]1CCCN1CC. The molecule has 1 aromatic heterocycles. The Bertz CT molecular complexity index is 407. The minimum Gasteiger partial charge on any atom is -0.350 e. The van der Waals surface area contributed by atoms with Gasteiger partial charge in [0.1, 0.15) is 4.88 Å². The zero-order valence-electron chi connectivity index (χ0n) is 11.0. The Morgan fingerprint density at radius 1 is 1.56 bits per heavy atom. The lowest BCUT2D eigenvalue weighted by Crippen LogP contribution is -2.40. The summed E-state index contributed by atoms with van der Waals surface area (Å²) in [5.41, 5.74) is 0.802. The third-order valence-corrected chi connectivity index (χ3v) is 4.27. The number of likely N-dealkylation sites (N-methyl/N-ethyl adjacent to an activating group) is 1. The highest BCUT2D eigenvalue weighted by molar-refractivity contribution is 7.08. The van der Waals surface area contributed by atoms with E-state index in [2.05, 4.69) is 26.7 Å². The second-order valence-electron chi connectivity index (χ2n) is 4.54. The van der Waals surface area contributed by atoms with Gasteiger partial charge in [-0.1, -0.05) is 18.3 Å². The molecule has 1 aliphatic rings. The molecule has 5 nitrogen and oxygen atoms in total. The maximum Gasteiger partial charge on any atom is 0.265 e. The lowest BCUT2D eigenvalue weighted by atomic mass is 10.2. The molecule has 0 radical (unpaired) electrons. The molecule has 0 saturated carbocycles. The van der Waals surface area contributed by atoms with E-state index >= 15 is 0 Å². The highest BCUT2D eigenvalue weighted by Crippen LogP contribution is 2.16. The van der Waals surface area contributed by atoms with Crippen LogP contribution in [0.4, 0.5) is 0 Å². The van der Waals surface area contributed by atoms with Crippen LogP contribution in [0.2, 0.25) is 0 Å². The van der Waals surface area contributed by atoms with E-state index in [1.165, 1.54) is 24.4 Å². The fourth-order valence-electron chi connectivity index (χ4n) is 2.45. The second kappa shape index (κ2) is 6.24. The topological polar surface area (TPSA) is 58.1 Å². The third-order valence-electron chi connectivity index (χ3n) is 3.50. The predicted molar refractivity (Wildman–Crippen MR) is 71.9 cm³/mol. The minimum atomic E-state index is -0.0233. The molecule has 2 rings (SSSR count). The minimum absolute atomic E-state index is 0.0233. The summed E-state index contributed by atoms with van der Waals surface area (Å²) in [4.78, 5) is 15.1. The van der Waals surface area contributed by atoms with Gasteiger partial charge in [0.25, 0.3) is 5.91 Å². The molecule has 0 bridgehead atoms. The molecule has 1 aromatic rings. The predicted octanol–water partition coefficient (Wildman–Crippen LogP) is 1.31. The quantitative estimate of drug-likeness (QED) is 0.875. The summed E-state index contributed by atoms with van der Waals surface area (Å²) in [5, 5.41) is 6.98. The van der Waals surface area contributed by atoms with Crippen LogP contribution in [0.25, 0.3) is 0 Å². The van der Waals surface area contributed by atoms with Gasteiger partial charge in [-0.15, -0.1) is 5.10 Å². The number of rotatable bonds is 5. The molecule has 0 unspecified atom stereocenters. The molecule has 1 amide bonds. The first-order chi connectivity index (χ1) is 8.76. The maximum atomic E-state index is 12.0. The van der Waals surface area contributed by atoms with Crippen molar-refractivity contribution in [2.75, 3.05) is 19.6 Å². The van der Waals surface area contributed by atoms with Crippen LogP contribution >= 0.6 is 11.5 Å². The number of carbonyl (C=O) groups excluding carboxylic acids is 1. The molecule has 100 valence electrons. The summed E-state index contributed by atoms with van der Waals surface area (Å²) >= 11 is 1.18. The third kappa shape index (κ3) is 2.87. The Hall–Kier alpha value is -1.01. The van der Waals surface area contributed by atoms with Gasteiger partial charge in [0, 0.05) is 12.6 Å². The smallest absolute Gasteiger partial charge is 0.265 e. The van der Waals surface area contributed by atoms with Crippen molar-refractivity contribution in [1.29, 1.82) is 0 Å². The van der Waals surface area contributed by atoms with Crippen LogP contribution in [0.15, 0.2) is 0 Å². The first kappa shape index (κ1) is 13.4. The number of nitrogens with zero attached hydrogens (tertiary/aromatic N) is 3. The lowest BCUT2D eigenvalue weighted by Gasteiger charge is -2.22. The Labute approximate surface area is 112 Å². The second-order valence-corrected chi connectivity index (χ2v) is 5.29. The van der Waals surface area contributed by atoms with Crippen LogP contribution in [-0.2, 0) is 6.42 Å². The van der Waals surface area contributed by atoms with Crippen molar-refractivity contribution in [1.82, 2.24) is 19.8 Å². The van der Waals surface area contributed by atoms with E-state index in [0.29, 0.717) is 10.9 Å². The lowest BCUT2D eigenvalue weighted by molar-refractivity contribution is 0.0944. The van der Waals surface area contributed by atoms with Gasteiger partial charge >= 0.3 is 0 Å². The monoisotopic (exact) mass is 268 g/mol. The Morgan fingerprint density at radius 3 is 3.11 bits per heavy atom.